The average molecular weight is 509 g/mol. The lowest BCUT2D eigenvalue weighted by molar-refractivity contribution is -0.251. The topological polar surface area (TPSA) is 71.1 Å². The lowest BCUT2D eigenvalue weighted by atomic mass is 9.57. The van der Waals surface area contributed by atoms with Crippen LogP contribution in [0.15, 0.2) is 0 Å². The summed E-state index contributed by atoms with van der Waals surface area (Å²) in [6.45, 7) is 20.4. The summed E-state index contributed by atoms with van der Waals surface area (Å²) < 4.78 is 24.2. The van der Waals surface area contributed by atoms with Crippen LogP contribution in [0.3, 0.4) is 0 Å². The molecule has 0 aromatic carbocycles. The minimum Gasteiger partial charge on any atom is -0.456 e. The maximum absolute atomic E-state index is 11.5. The van der Waals surface area contributed by atoms with Crippen LogP contribution in [-0.4, -0.2) is 46.6 Å². The molecule has 4 unspecified atom stereocenters. The zero-order chi connectivity index (χ0) is 27.2. The Bertz CT molecular complexity index is 767. The van der Waals surface area contributed by atoms with Gasteiger partial charge in [-0.05, 0) is 103 Å². The van der Waals surface area contributed by atoms with E-state index in [1.165, 1.54) is 13.8 Å². The zero-order valence-electron chi connectivity index (χ0n) is 24.7. The monoisotopic (exact) mass is 508 g/mol. The van der Waals surface area contributed by atoms with E-state index in [0.717, 1.165) is 64.2 Å². The molecule has 0 radical (unpaired) electrons. The van der Waals surface area contributed by atoms with Gasteiger partial charge in [-0.3, -0.25) is 9.59 Å². The van der Waals surface area contributed by atoms with Crippen LogP contribution in [0.2, 0.25) is 0 Å². The Labute approximate surface area is 219 Å². The molecule has 36 heavy (non-hydrogen) atoms. The second kappa shape index (κ2) is 9.87. The van der Waals surface area contributed by atoms with Gasteiger partial charge < -0.3 is 18.9 Å². The second-order valence-corrected chi connectivity index (χ2v) is 13.7. The maximum atomic E-state index is 11.5. The van der Waals surface area contributed by atoms with Gasteiger partial charge in [0.15, 0.2) is 0 Å². The SMILES string of the molecule is CC(=O)OC1(C)CCCC(C)(C)C12CCC(C)O2.CC(=O)OC1(C)CCCC(C)(C)[C@@]12CC[C@H](C)O2. The predicted octanol–water partition coefficient (Wildman–Crippen LogP) is 6.91. The number of esters is 2. The van der Waals surface area contributed by atoms with Crippen molar-refractivity contribution in [2.75, 3.05) is 0 Å². The van der Waals surface area contributed by atoms with Gasteiger partial charge in [-0.2, -0.15) is 0 Å². The molecule has 2 saturated carbocycles. The van der Waals surface area contributed by atoms with Gasteiger partial charge >= 0.3 is 11.9 Å². The minimum absolute atomic E-state index is 0.0558. The van der Waals surface area contributed by atoms with Gasteiger partial charge in [0.05, 0.1) is 12.2 Å². The van der Waals surface area contributed by atoms with Crippen LogP contribution in [0, 0.1) is 10.8 Å². The first-order chi connectivity index (χ1) is 16.4. The van der Waals surface area contributed by atoms with Crippen LogP contribution in [0.5, 0.6) is 0 Å². The molecule has 4 rings (SSSR count). The highest BCUT2D eigenvalue weighted by Crippen LogP contribution is 2.59. The van der Waals surface area contributed by atoms with Crippen molar-refractivity contribution >= 4 is 11.9 Å². The number of hydrogen-bond acceptors (Lipinski definition) is 6. The predicted molar refractivity (Wildman–Crippen MR) is 141 cm³/mol. The van der Waals surface area contributed by atoms with Crippen LogP contribution in [0.4, 0.5) is 0 Å². The van der Waals surface area contributed by atoms with Crippen LogP contribution in [0.25, 0.3) is 0 Å². The first kappa shape index (κ1) is 29.4. The largest absolute Gasteiger partial charge is 0.456 e. The summed E-state index contributed by atoms with van der Waals surface area (Å²) in [6, 6.07) is 0. The van der Waals surface area contributed by atoms with Crippen molar-refractivity contribution in [3.8, 4) is 0 Å². The first-order valence-corrected chi connectivity index (χ1v) is 14.2. The Kier molecular flexibility index (Phi) is 8.07. The Morgan fingerprint density at radius 3 is 1.19 bits per heavy atom. The fraction of sp³-hybridized carbons (Fsp3) is 0.933. The maximum Gasteiger partial charge on any atom is 0.303 e. The number of hydrogen-bond donors (Lipinski definition) is 0. The summed E-state index contributed by atoms with van der Waals surface area (Å²) in [5.41, 5.74) is -1.48. The van der Waals surface area contributed by atoms with Crippen molar-refractivity contribution in [1.82, 2.24) is 0 Å². The third kappa shape index (κ3) is 4.86. The first-order valence-electron chi connectivity index (χ1n) is 14.2. The Balaban J connectivity index is 0.000000201. The number of ether oxygens (including phenoxy) is 4. The molecule has 0 aromatic rings. The molecule has 2 saturated heterocycles. The normalized spacial score (nSPS) is 43.1. The van der Waals surface area contributed by atoms with Crippen molar-refractivity contribution < 1.29 is 28.5 Å². The van der Waals surface area contributed by atoms with Gasteiger partial charge in [0.1, 0.15) is 22.4 Å². The van der Waals surface area contributed by atoms with E-state index in [0.29, 0.717) is 0 Å². The molecular formula is C30H52O6. The molecule has 0 N–H and O–H groups in total. The Morgan fingerprint density at radius 1 is 0.611 bits per heavy atom. The number of rotatable bonds is 2. The van der Waals surface area contributed by atoms with E-state index in [1.807, 2.05) is 0 Å². The fourth-order valence-corrected chi connectivity index (χ4v) is 8.39. The molecule has 208 valence electrons. The number of carbonyl (C=O) groups excluding carboxylic acids is 2. The van der Waals surface area contributed by atoms with Gasteiger partial charge in [-0.1, -0.05) is 27.7 Å². The molecule has 0 bridgehead atoms. The number of carbonyl (C=O) groups is 2. The average Bonchev–Trinajstić information content (AvgIpc) is 3.31. The van der Waals surface area contributed by atoms with Crippen molar-refractivity contribution in [2.24, 2.45) is 10.8 Å². The van der Waals surface area contributed by atoms with Gasteiger partial charge in [0, 0.05) is 13.8 Å². The summed E-state index contributed by atoms with van der Waals surface area (Å²) in [6.07, 6.45) is 10.9. The summed E-state index contributed by atoms with van der Waals surface area (Å²) in [5, 5.41) is 0. The molecule has 6 heteroatoms. The van der Waals surface area contributed by atoms with Gasteiger partial charge in [-0.25, -0.2) is 0 Å². The van der Waals surface area contributed by atoms with E-state index in [9.17, 15) is 9.59 Å². The Hall–Kier alpha value is -1.14. The Morgan fingerprint density at radius 2 is 0.944 bits per heavy atom. The van der Waals surface area contributed by atoms with Crippen LogP contribution in [-0.2, 0) is 28.5 Å². The smallest absolute Gasteiger partial charge is 0.303 e. The van der Waals surface area contributed by atoms with E-state index < -0.39 is 11.2 Å². The zero-order valence-corrected chi connectivity index (χ0v) is 24.7. The summed E-state index contributed by atoms with van der Waals surface area (Å²) in [5.74, 6) is -0.393. The second-order valence-electron chi connectivity index (χ2n) is 13.7. The van der Waals surface area contributed by atoms with E-state index in [-0.39, 0.29) is 46.2 Å². The third-order valence-electron chi connectivity index (χ3n) is 10.2. The molecule has 2 spiro atoms. The summed E-state index contributed by atoms with van der Waals surface area (Å²) in [7, 11) is 0. The van der Waals surface area contributed by atoms with Gasteiger partial charge in [0.25, 0.3) is 0 Å². The molecule has 4 fully saturated rings. The van der Waals surface area contributed by atoms with Crippen molar-refractivity contribution in [2.45, 2.75) is 168 Å². The standard InChI is InChI=1S/2C15H26O3/c2*1-11-7-10-15(17-11)13(3,4)8-6-9-14(15,5)18-12(2)16/h2*11H,6-10H2,1-5H3/t11-,14?,15-;/m0./s1. The van der Waals surface area contributed by atoms with Crippen LogP contribution < -0.4 is 0 Å². The highest BCUT2D eigenvalue weighted by Gasteiger charge is 2.65. The van der Waals surface area contributed by atoms with Crippen LogP contribution in [0.1, 0.15) is 133 Å². The molecule has 2 aliphatic carbocycles. The van der Waals surface area contributed by atoms with E-state index in [1.54, 1.807) is 0 Å². The van der Waals surface area contributed by atoms with E-state index in [4.69, 9.17) is 18.9 Å². The quantitative estimate of drug-likeness (QED) is 0.377. The molecule has 4 aliphatic rings. The lowest BCUT2D eigenvalue weighted by Crippen LogP contribution is -2.64. The molecule has 6 nitrogen and oxygen atoms in total. The molecule has 0 amide bonds. The van der Waals surface area contributed by atoms with E-state index in [2.05, 4.69) is 55.4 Å². The lowest BCUT2D eigenvalue weighted by Gasteiger charge is -2.57. The van der Waals surface area contributed by atoms with Gasteiger partial charge in [0.2, 0.25) is 0 Å². The minimum atomic E-state index is -0.481. The van der Waals surface area contributed by atoms with Crippen molar-refractivity contribution in [1.29, 1.82) is 0 Å². The molecular weight excluding hydrogens is 456 g/mol. The van der Waals surface area contributed by atoms with Gasteiger partial charge in [-0.15, -0.1) is 0 Å². The fourth-order valence-electron chi connectivity index (χ4n) is 8.39. The summed E-state index contributed by atoms with van der Waals surface area (Å²) in [4.78, 5) is 22.9. The molecule has 0 aromatic heterocycles. The van der Waals surface area contributed by atoms with Crippen molar-refractivity contribution in [3.05, 3.63) is 0 Å². The van der Waals surface area contributed by atoms with Crippen LogP contribution >= 0.6 is 0 Å². The third-order valence-corrected chi connectivity index (χ3v) is 10.2. The van der Waals surface area contributed by atoms with E-state index >= 15 is 0 Å². The highest BCUT2D eigenvalue weighted by atomic mass is 16.6. The summed E-state index contributed by atoms with van der Waals surface area (Å²) >= 11 is 0. The molecule has 6 atom stereocenters. The molecule has 2 heterocycles. The molecule has 2 aliphatic heterocycles. The van der Waals surface area contributed by atoms with Crippen molar-refractivity contribution in [3.63, 3.8) is 0 Å². The highest BCUT2D eigenvalue weighted by molar-refractivity contribution is 5.67.